The van der Waals surface area contributed by atoms with Gasteiger partial charge in [0.05, 0.1) is 6.04 Å². The van der Waals surface area contributed by atoms with Gasteiger partial charge in [0, 0.05) is 11.8 Å². The highest BCUT2D eigenvalue weighted by Crippen LogP contribution is 2.17. The number of H-pyrrole nitrogens is 1. The first-order valence-electron chi connectivity index (χ1n) is 5.79. The van der Waals surface area contributed by atoms with Crippen molar-refractivity contribution < 1.29 is 4.79 Å². The van der Waals surface area contributed by atoms with Crippen LogP contribution in [0.1, 0.15) is 26.8 Å². The Morgan fingerprint density at radius 3 is 2.78 bits per heavy atom. The molecule has 0 fully saturated rings. The molecule has 7 nitrogen and oxygen atoms in total. The number of carbonyl (C=O) groups excluding carboxylic acids is 1. The topological polar surface area (TPSA) is 106 Å². The van der Waals surface area contributed by atoms with E-state index in [9.17, 15) is 9.59 Å². The quantitative estimate of drug-likeness (QED) is 0.592. The van der Waals surface area contributed by atoms with Crippen LogP contribution >= 0.6 is 11.8 Å². The van der Waals surface area contributed by atoms with Gasteiger partial charge in [0.15, 0.2) is 5.16 Å². The van der Waals surface area contributed by atoms with Crippen LogP contribution in [0, 0.1) is 0 Å². The fourth-order valence-corrected chi connectivity index (χ4v) is 2.63. The van der Waals surface area contributed by atoms with Crippen molar-refractivity contribution in [3.8, 4) is 0 Å². The summed E-state index contributed by atoms with van der Waals surface area (Å²) in [4.78, 5) is 22.7. The summed E-state index contributed by atoms with van der Waals surface area (Å²) in [5.74, 6) is 0.0403. The average molecular weight is 273 g/mol. The summed E-state index contributed by atoms with van der Waals surface area (Å²) < 4.78 is 1.55. The second-order valence-corrected chi connectivity index (χ2v) is 5.09. The number of likely N-dealkylation sites (N-methyl/N-ethyl adjacent to an activating group) is 1. The molecular weight excluding hydrogens is 254 g/mol. The number of carbonyl (C=O) groups is 1. The maximum absolute atomic E-state index is 11.5. The molecule has 18 heavy (non-hydrogen) atoms. The third-order valence-electron chi connectivity index (χ3n) is 2.36. The summed E-state index contributed by atoms with van der Waals surface area (Å²) in [7, 11) is 0. The van der Waals surface area contributed by atoms with Crippen molar-refractivity contribution in [2.75, 3.05) is 12.3 Å². The zero-order valence-electron chi connectivity index (χ0n) is 10.8. The second kappa shape index (κ2) is 6.60. The molecule has 0 bridgehead atoms. The average Bonchev–Trinajstić information content (AvgIpc) is 2.65. The highest BCUT2D eigenvalue weighted by molar-refractivity contribution is 7.99. The molecule has 1 amide bonds. The van der Waals surface area contributed by atoms with Crippen LogP contribution in [0.5, 0.6) is 0 Å². The van der Waals surface area contributed by atoms with Gasteiger partial charge < -0.3 is 11.1 Å². The number of hydrogen-bond acceptors (Lipinski definition) is 5. The lowest BCUT2D eigenvalue weighted by atomic mass is 10.3. The maximum Gasteiger partial charge on any atom is 0.344 e. The van der Waals surface area contributed by atoms with Crippen molar-refractivity contribution in [1.82, 2.24) is 20.1 Å². The first-order chi connectivity index (χ1) is 8.47. The van der Waals surface area contributed by atoms with Gasteiger partial charge in [-0.3, -0.25) is 9.36 Å². The van der Waals surface area contributed by atoms with Crippen LogP contribution in [0.25, 0.3) is 0 Å². The molecule has 0 aliphatic rings. The largest absolute Gasteiger partial charge is 0.368 e. The predicted molar refractivity (Wildman–Crippen MR) is 70.6 cm³/mol. The van der Waals surface area contributed by atoms with Gasteiger partial charge in [-0.25, -0.2) is 9.89 Å². The van der Waals surface area contributed by atoms with Crippen molar-refractivity contribution in [2.45, 2.75) is 38.0 Å². The van der Waals surface area contributed by atoms with E-state index in [1.807, 2.05) is 20.8 Å². The standard InChI is InChI=1S/C10H19N5O2S/c1-4-12-7(8(11)16)5-18-10-14-13-9(17)15(10)6(2)3/h6-7,12H,4-5H2,1-3H3,(H2,11,16)(H,13,17). The number of hydrogen-bond donors (Lipinski definition) is 3. The number of aromatic nitrogens is 3. The SMILES string of the molecule is CCNC(CSc1n[nH]c(=O)n1C(C)C)C(N)=O. The van der Waals surface area contributed by atoms with E-state index in [0.717, 1.165) is 0 Å². The van der Waals surface area contributed by atoms with E-state index < -0.39 is 11.9 Å². The van der Waals surface area contributed by atoms with Crippen LogP contribution in [0.3, 0.4) is 0 Å². The number of primary amides is 1. The zero-order chi connectivity index (χ0) is 13.7. The number of aromatic amines is 1. The molecule has 0 aliphatic carbocycles. The zero-order valence-corrected chi connectivity index (χ0v) is 11.6. The minimum absolute atomic E-state index is 0.0184. The van der Waals surface area contributed by atoms with E-state index in [2.05, 4.69) is 15.5 Å². The molecule has 0 spiro atoms. The third kappa shape index (κ3) is 3.61. The molecule has 1 atom stereocenters. The number of nitrogens with one attached hydrogen (secondary N) is 2. The first kappa shape index (κ1) is 14.8. The molecule has 0 saturated carbocycles. The van der Waals surface area contributed by atoms with Crippen molar-refractivity contribution in [3.05, 3.63) is 10.5 Å². The summed E-state index contributed by atoms with van der Waals surface area (Å²) in [6.07, 6.45) is 0. The predicted octanol–water partition coefficient (Wildman–Crippen LogP) is -0.292. The fourth-order valence-electron chi connectivity index (χ4n) is 1.49. The van der Waals surface area contributed by atoms with Crippen LogP contribution in [-0.2, 0) is 4.79 Å². The van der Waals surface area contributed by atoms with E-state index in [0.29, 0.717) is 17.5 Å². The number of rotatable bonds is 7. The molecule has 8 heteroatoms. The molecule has 0 aliphatic heterocycles. The van der Waals surface area contributed by atoms with E-state index in [4.69, 9.17) is 5.73 Å². The number of nitrogens with zero attached hydrogens (tertiary/aromatic N) is 2. The Labute approximate surface area is 110 Å². The molecule has 4 N–H and O–H groups in total. The molecule has 1 heterocycles. The Hall–Kier alpha value is -1.28. The van der Waals surface area contributed by atoms with Gasteiger partial charge >= 0.3 is 5.69 Å². The Kier molecular flexibility index (Phi) is 5.42. The Balaban J connectivity index is 2.73. The van der Waals surface area contributed by atoms with Crippen LogP contribution in [-0.4, -0.2) is 39.0 Å². The lowest BCUT2D eigenvalue weighted by molar-refractivity contribution is -0.119. The smallest absolute Gasteiger partial charge is 0.344 e. The van der Waals surface area contributed by atoms with Gasteiger partial charge in [-0.15, -0.1) is 5.10 Å². The summed E-state index contributed by atoms with van der Waals surface area (Å²) in [6.45, 7) is 6.36. The number of thioether (sulfide) groups is 1. The van der Waals surface area contributed by atoms with Crippen LogP contribution in [0.2, 0.25) is 0 Å². The van der Waals surface area contributed by atoms with E-state index in [1.165, 1.54) is 11.8 Å². The highest BCUT2D eigenvalue weighted by atomic mass is 32.2. The molecule has 1 unspecified atom stereocenters. The number of amides is 1. The third-order valence-corrected chi connectivity index (χ3v) is 3.41. The van der Waals surface area contributed by atoms with Gasteiger partial charge in [0.1, 0.15) is 0 Å². The highest BCUT2D eigenvalue weighted by Gasteiger charge is 2.17. The van der Waals surface area contributed by atoms with Gasteiger partial charge in [-0.05, 0) is 20.4 Å². The Morgan fingerprint density at radius 2 is 2.28 bits per heavy atom. The maximum atomic E-state index is 11.5. The fraction of sp³-hybridized carbons (Fsp3) is 0.700. The lowest BCUT2D eigenvalue weighted by Crippen LogP contribution is -2.43. The van der Waals surface area contributed by atoms with E-state index in [1.54, 1.807) is 4.57 Å². The van der Waals surface area contributed by atoms with Crippen molar-refractivity contribution in [1.29, 1.82) is 0 Å². The molecule has 0 saturated heterocycles. The Bertz CT molecular complexity index is 453. The molecular formula is C10H19N5O2S. The lowest BCUT2D eigenvalue weighted by Gasteiger charge is -2.14. The van der Waals surface area contributed by atoms with E-state index >= 15 is 0 Å². The molecule has 1 rings (SSSR count). The van der Waals surface area contributed by atoms with Gasteiger partial charge in [0.25, 0.3) is 0 Å². The van der Waals surface area contributed by atoms with E-state index in [-0.39, 0.29) is 11.7 Å². The normalized spacial score (nSPS) is 12.9. The molecule has 1 aromatic heterocycles. The molecule has 0 aromatic carbocycles. The second-order valence-electron chi connectivity index (χ2n) is 4.10. The molecule has 102 valence electrons. The van der Waals surface area contributed by atoms with Crippen LogP contribution in [0.4, 0.5) is 0 Å². The van der Waals surface area contributed by atoms with Crippen LogP contribution in [0.15, 0.2) is 9.95 Å². The van der Waals surface area contributed by atoms with Gasteiger partial charge in [-0.2, -0.15) is 0 Å². The minimum Gasteiger partial charge on any atom is -0.368 e. The van der Waals surface area contributed by atoms with Gasteiger partial charge in [-0.1, -0.05) is 18.7 Å². The summed E-state index contributed by atoms with van der Waals surface area (Å²) >= 11 is 1.33. The molecule has 1 aromatic rings. The van der Waals surface area contributed by atoms with Crippen LogP contribution < -0.4 is 16.7 Å². The summed E-state index contributed by atoms with van der Waals surface area (Å²) in [6, 6.07) is -0.405. The van der Waals surface area contributed by atoms with Gasteiger partial charge in [0.2, 0.25) is 5.91 Å². The monoisotopic (exact) mass is 273 g/mol. The first-order valence-corrected chi connectivity index (χ1v) is 6.78. The van der Waals surface area contributed by atoms with Crippen molar-refractivity contribution in [3.63, 3.8) is 0 Å². The summed E-state index contributed by atoms with van der Waals surface area (Å²) in [5.41, 5.74) is 5.03. The minimum atomic E-state index is -0.424. The Morgan fingerprint density at radius 1 is 1.61 bits per heavy atom. The van der Waals surface area contributed by atoms with Crippen molar-refractivity contribution in [2.24, 2.45) is 5.73 Å². The summed E-state index contributed by atoms with van der Waals surface area (Å²) in [5, 5.41) is 9.90. The van der Waals surface area contributed by atoms with Crippen molar-refractivity contribution >= 4 is 17.7 Å². The number of nitrogens with two attached hydrogens (primary N) is 1. The molecule has 0 radical (unpaired) electrons.